The van der Waals surface area contributed by atoms with Gasteiger partial charge in [-0.3, -0.25) is 9.78 Å². The highest BCUT2D eigenvalue weighted by atomic mass is 19.1. The number of amides is 1. The summed E-state index contributed by atoms with van der Waals surface area (Å²) < 4.78 is 34.2. The van der Waals surface area contributed by atoms with E-state index in [1.807, 2.05) is 13.8 Å². The molecule has 0 atom stereocenters. The molecule has 30 heavy (non-hydrogen) atoms. The molecule has 0 N–H and O–H groups in total. The van der Waals surface area contributed by atoms with Gasteiger partial charge < -0.3 is 9.64 Å². The van der Waals surface area contributed by atoms with Gasteiger partial charge in [-0.25, -0.2) is 13.5 Å². The summed E-state index contributed by atoms with van der Waals surface area (Å²) in [7, 11) is 3.27. The van der Waals surface area contributed by atoms with E-state index in [0.29, 0.717) is 17.0 Å². The number of rotatable bonds is 5. The fraction of sp³-hybridized carbons (Fsp3) is 0.318. The lowest BCUT2D eigenvalue weighted by molar-refractivity contribution is 0.0781. The maximum atomic E-state index is 14.2. The van der Waals surface area contributed by atoms with Crippen LogP contribution in [0.4, 0.5) is 8.78 Å². The number of pyridine rings is 1. The van der Waals surface area contributed by atoms with Crippen molar-refractivity contribution in [3.63, 3.8) is 0 Å². The van der Waals surface area contributed by atoms with Gasteiger partial charge in [-0.2, -0.15) is 5.10 Å². The van der Waals surface area contributed by atoms with Crippen molar-refractivity contribution in [2.45, 2.75) is 34.2 Å². The fourth-order valence-electron chi connectivity index (χ4n) is 3.56. The van der Waals surface area contributed by atoms with Gasteiger partial charge in [0.15, 0.2) is 5.82 Å². The third-order valence-corrected chi connectivity index (χ3v) is 5.13. The third-order valence-electron chi connectivity index (χ3n) is 5.13. The predicted molar refractivity (Wildman–Crippen MR) is 109 cm³/mol. The molecule has 0 unspecified atom stereocenters. The lowest BCUT2D eigenvalue weighted by Crippen LogP contribution is -2.28. The number of benzene rings is 1. The number of aromatic nitrogens is 3. The molecule has 2 heterocycles. The molecule has 1 aromatic carbocycles. The highest BCUT2D eigenvalue weighted by molar-refractivity contribution is 5.96. The maximum absolute atomic E-state index is 14.2. The summed E-state index contributed by atoms with van der Waals surface area (Å²) in [6.07, 6.45) is 1.71. The number of carbonyl (C=O) groups is 1. The van der Waals surface area contributed by atoms with E-state index in [-0.39, 0.29) is 18.1 Å². The Bertz CT molecular complexity index is 1120. The second-order valence-corrected chi connectivity index (χ2v) is 7.26. The Morgan fingerprint density at radius 2 is 1.90 bits per heavy atom. The first kappa shape index (κ1) is 21.4. The number of hydrogen-bond donors (Lipinski definition) is 0. The molecule has 6 nitrogen and oxygen atoms in total. The lowest BCUT2D eigenvalue weighted by atomic mass is 10.1. The Kier molecular flexibility index (Phi) is 5.87. The summed E-state index contributed by atoms with van der Waals surface area (Å²) in [5.74, 6) is -0.947. The first-order chi connectivity index (χ1) is 14.1. The highest BCUT2D eigenvalue weighted by Gasteiger charge is 2.24. The molecule has 3 rings (SSSR count). The Hall–Kier alpha value is -3.29. The molecule has 3 aromatic rings. The van der Waals surface area contributed by atoms with Gasteiger partial charge in [0.25, 0.3) is 5.91 Å². The first-order valence-electron chi connectivity index (χ1n) is 9.41. The normalized spacial score (nSPS) is 10.9. The molecule has 2 aromatic heterocycles. The molecule has 0 saturated heterocycles. The number of halogens is 2. The number of ether oxygens (including phenoxy) is 1. The van der Waals surface area contributed by atoms with Crippen molar-refractivity contribution in [2.75, 3.05) is 14.2 Å². The average Bonchev–Trinajstić information content (AvgIpc) is 2.97. The van der Waals surface area contributed by atoms with E-state index >= 15 is 0 Å². The van der Waals surface area contributed by atoms with Gasteiger partial charge in [0.2, 0.25) is 0 Å². The highest BCUT2D eigenvalue weighted by Crippen LogP contribution is 2.26. The summed E-state index contributed by atoms with van der Waals surface area (Å²) in [5.41, 5.74) is 3.90. The van der Waals surface area contributed by atoms with Crippen molar-refractivity contribution in [1.29, 1.82) is 0 Å². The monoisotopic (exact) mass is 414 g/mol. The van der Waals surface area contributed by atoms with Crippen molar-refractivity contribution >= 4 is 5.91 Å². The van der Waals surface area contributed by atoms with Crippen LogP contribution in [0.1, 0.15) is 38.6 Å². The zero-order chi connectivity index (χ0) is 22.2. The van der Waals surface area contributed by atoms with Crippen LogP contribution in [-0.4, -0.2) is 39.7 Å². The zero-order valence-corrected chi connectivity index (χ0v) is 17.9. The third kappa shape index (κ3) is 3.77. The summed E-state index contributed by atoms with van der Waals surface area (Å²) in [4.78, 5) is 19.1. The van der Waals surface area contributed by atoms with Gasteiger partial charge in [-0.05, 0) is 39.8 Å². The Morgan fingerprint density at radius 3 is 2.53 bits per heavy atom. The Morgan fingerprint density at radius 1 is 1.20 bits per heavy atom. The van der Waals surface area contributed by atoms with Crippen LogP contribution in [-0.2, 0) is 6.54 Å². The topological polar surface area (TPSA) is 60.2 Å². The number of methoxy groups -OCH3 is 1. The van der Waals surface area contributed by atoms with Crippen LogP contribution in [0.5, 0.6) is 5.75 Å². The van der Waals surface area contributed by atoms with E-state index in [9.17, 15) is 13.6 Å². The average molecular weight is 414 g/mol. The maximum Gasteiger partial charge on any atom is 0.257 e. The molecule has 0 spiro atoms. The quantitative estimate of drug-likeness (QED) is 0.632. The van der Waals surface area contributed by atoms with Crippen LogP contribution in [0.3, 0.4) is 0 Å². The van der Waals surface area contributed by atoms with Crippen molar-refractivity contribution in [2.24, 2.45) is 0 Å². The van der Waals surface area contributed by atoms with Crippen molar-refractivity contribution in [3.8, 4) is 11.4 Å². The van der Waals surface area contributed by atoms with Gasteiger partial charge in [-0.1, -0.05) is 0 Å². The molecule has 0 radical (unpaired) electrons. The second-order valence-electron chi connectivity index (χ2n) is 7.26. The number of carbonyl (C=O) groups excluding carboxylic acids is 1. The molecular formula is C22H24F2N4O2. The van der Waals surface area contributed by atoms with E-state index in [4.69, 9.17) is 4.74 Å². The fourth-order valence-corrected chi connectivity index (χ4v) is 3.56. The lowest BCUT2D eigenvalue weighted by Gasteiger charge is -2.19. The summed E-state index contributed by atoms with van der Waals surface area (Å²) in [5, 5.41) is 4.31. The van der Waals surface area contributed by atoms with E-state index in [0.717, 1.165) is 34.7 Å². The smallest absolute Gasteiger partial charge is 0.257 e. The molecule has 0 aliphatic carbocycles. The summed E-state index contributed by atoms with van der Waals surface area (Å²) >= 11 is 0. The first-order valence-corrected chi connectivity index (χ1v) is 9.41. The van der Waals surface area contributed by atoms with Crippen LogP contribution in [0.2, 0.25) is 0 Å². The molecular weight excluding hydrogens is 390 g/mol. The minimum atomic E-state index is -0.750. The molecule has 1 amide bonds. The minimum absolute atomic E-state index is 0.0829. The van der Waals surface area contributed by atoms with E-state index in [1.54, 1.807) is 34.2 Å². The number of hydrogen-bond acceptors (Lipinski definition) is 4. The molecule has 0 bridgehead atoms. The number of nitrogens with zero attached hydrogens (tertiary/aromatic N) is 4. The van der Waals surface area contributed by atoms with Gasteiger partial charge in [0, 0.05) is 30.4 Å². The Labute approximate surface area is 174 Å². The SMILES string of the molecule is COc1c(C)cnc(CN(C)C(=O)c2c(C)nn(-c3ccc(F)cc3F)c2C)c1C. The minimum Gasteiger partial charge on any atom is -0.496 e. The van der Waals surface area contributed by atoms with Crippen molar-refractivity contribution in [3.05, 3.63) is 69.8 Å². The Balaban J connectivity index is 1.93. The largest absolute Gasteiger partial charge is 0.496 e. The summed E-state index contributed by atoms with van der Waals surface area (Å²) in [6, 6.07) is 3.24. The van der Waals surface area contributed by atoms with Gasteiger partial charge >= 0.3 is 0 Å². The van der Waals surface area contributed by atoms with Crippen LogP contribution < -0.4 is 4.74 Å². The predicted octanol–water partition coefficient (Wildman–Crippen LogP) is 4.06. The van der Waals surface area contributed by atoms with Crippen LogP contribution in [0.25, 0.3) is 5.69 Å². The van der Waals surface area contributed by atoms with Gasteiger partial charge in [-0.15, -0.1) is 0 Å². The molecule has 0 fully saturated rings. The van der Waals surface area contributed by atoms with Crippen molar-refractivity contribution < 1.29 is 18.3 Å². The van der Waals surface area contributed by atoms with Crippen LogP contribution in [0.15, 0.2) is 24.4 Å². The van der Waals surface area contributed by atoms with E-state index in [2.05, 4.69) is 10.1 Å². The molecule has 0 saturated carbocycles. The molecule has 158 valence electrons. The second kappa shape index (κ2) is 8.22. The molecule has 8 heteroatoms. The van der Waals surface area contributed by atoms with Gasteiger partial charge in [0.1, 0.15) is 17.3 Å². The van der Waals surface area contributed by atoms with E-state index in [1.165, 1.54) is 15.6 Å². The van der Waals surface area contributed by atoms with Crippen LogP contribution >= 0.6 is 0 Å². The van der Waals surface area contributed by atoms with Crippen molar-refractivity contribution in [1.82, 2.24) is 19.7 Å². The molecule has 0 aliphatic heterocycles. The van der Waals surface area contributed by atoms with Gasteiger partial charge in [0.05, 0.1) is 36.3 Å². The number of aryl methyl sites for hydroxylation is 2. The summed E-state index contributed by atoms with van der Waals surface area (Å²) in [6.45, 7) is 7.45. The van der Waals surface area contributed by atoms with E-state index < -0.39 is 11.6 Å². The zero-order valence-electron chi connectivity index (χ0n) is 17.9. The van der Waals surface area contributed by atoms with Crippen LogP contribution in [0, 0.1) is 39.3 Å². The molecule has 0 aliphatic rings. The standard InChI is InChI=1S/C22H24F2N4O2/c1-12-10-25-18(13(2)21(12)30-6)11-27(5)22(29)20-14(3)26-28(15(20)4)19-8-7-16(23)9-17(19)24/h7-10H,11H2,1-6H3.